The van der Waals surface area contributed by atoms with E-state index in [1.54, 1.807) is 0 Å². The van der Waals surface area contributed by atoms with Crippen LogP contribution in [-0.2, 0) is 5.41 Å². The average Bonchev–Trinajstić information content (AvgIpc) is 2.78. The summed E-state index contributed by atoms with van der Waals surface area (Å²) in [5.41, 5.74) is 9.70. The Morgan fingerprint density at radius 3 is 2.33 bits per heavy atom. The third kappa shape index (κ3) is 2.56. The maximum absolute atomic E-state index is 5.90. The highest BCUT2D eigenvalue weighted by Gasteiger charge is 2.23. The first-order valence-corrected chi connectivity index (χ1v) is 7.70. The van der Waals surface area contributed by atoms with Crippen molar-refractivity contribution in [3.05, 3.63) is 52.8 Å². The number of nitrogens with two attached hydrogens (primary N) is 1. The summed E-state index contributed by atoms with van der Waals surface area (Å²) in [5, 5.41) is 0. The van der Waals surface area contributed by atoms with Crippen LogP contribution in [-0.4, -0.2) is 9.55 Å². The number of imidazole rings is 1. The molecule has 21 heavy (non-hydrogen) atoms. The minimum atomic E-state index is -0.0547. The summed E-state index contributed by atoms with van der Waals surface area (Å²) in [5.74, 6) is 1.03. The summed E-state index contributed by atoms with van der Waals surface area (Å²) < 4.78 is 3.28. The monoisotopic (exact) mass is 343 g/mol. The van der Waals surface area contributed by atoms with Crippen LogP contribution in [0.3, 0.4) is 0 Å². The van der Waals surface area contributed by atoms with Gasteiger partial charge in [-0.05, 0) is 42.5 Å². The Labute approximate surface area is 132 Å². The molecule has 2 N–H and O–H groups in total. The molecular weight excluding hydrogens is 326 g/mol. The molecular formula is C17H18BrN3. The van der Waals surface area contributed by atoms with E-state index in [9.17, 15) is 0 Å². The molecule has 0 saturated heterocycles. The van der Waals surface area contributed by atoms with Crippen LogP contribution in [0, 0.1) is 0 Å². The van der Waals surface area contributed by atoms with Gasteiger partial charge in [-0.25, -0.2) is 4.98 Å². The quantitative estimate of drug-likeness (QED) is 0.652. The maximum Gasteiger partial charge on any atom is 0.119 e. The Bertz CT molecular complexity index is 795. The van der Waals surface area contributed by atoms with Gasteiger partial charge < -0.3 is 5.73 Å². The summed E-state index contributed by atoms with van der Waals surface area (Å²) in [6, 6.07) is 14.2. The summed E-state index contributed by atoms with van der Waals surface area (Å²) in [4.78, 5) is 4.81. The molecule has 0 spiro atoms. The minimum absolute atomic E-state index is 0.0547. The van der Waals surface area contributed by atoms with Gasteiger partial charge in [-0.15, -0.1) is 0 Å². The topological polar surface area (TPSA) is 43.8 Å². The van der Waals surface area contributed by atoms with Gasteiger partial charge in [0, 0.05) is 21.3 Å². The normalized spacial score (nSPS) is 12.0. The first-order chi connectivity index (χ1) is 9.86. The van der Waals surface area contributed by atoms with Gasteiger partial charge in [0.05, 0.1) is 11.0 Å². The van der Waals surface area contributed by atoms with Gasteiger partial charge in [0.2, 0.25) is 0 Å². The van der Waals surface area contributed by atoms with Crippen LogP contribution < -0.4 is 5.73 Å². The van der Waals surface area contributed by atoms with E-state index in [4.69, 9.17) is 10.7 Å². The number of halogens is 1. The number of hydrogen-bond donors (Lipinski definition) is 1. The van der Waals surface area contributed by atoms with Gasteiger partial charge in [-0.3, -0.25) is 4.57 Å². The number of aromatic nitrogens is 2. The second kappa shape index (κ2) is 4.88. The second-order valence-corrected chi connectivity index (χ2v) is 7.16. The van der Waals surface area contributed by atoms with Crippen molar-refractivity contribution in [1.29, 1.82) is 0 Å². The molecule has 0 unspecified atom stereocenters. The minimum Gasteiger partial charge on any atom is -0.399 e. The van der Waals surface area contributed by atoms with Crippen molar-refractivity contribution in [1.82, 2.24) is 9.55 Å². The van der Waals surface area contributed by atoms with Crippen LogP contribution in [0.15, 0.2) is 46.9 Å². The molecule has 4 heteroatoms. The van der Waals surface area contributed by atoms with Crippen molar-refractivity contribution >= 4 is 32.7 Å². The molecule has 0 atom stereocenters. The van der Waals surface area contributed by atoms with Crippen LogP contribution in [0.2, 0.25) is 0 Å². The third-order valence-corrected chi connectivity index (χ3v) is 3.96. The van der Waals surface area contributed by atoms with Crippen LogP contribution in [0.5, 0.6) is 0 Å². The van der Waals surface area contributed by atoms with Crippen molar-refractivity contribution in [2.24, 2.45) is 0 Å². The van der Waals surface area contributed by atoms with Crippen molar-refractivity contribution in [2.75, 3.05) is 5.73 Å². The molecule has 0 aliphatic carbocycles. The molecule has 0 radical (unpaired) electrons. The summed E-state index contributed by atoms with van der Waals surface area (Å²) >= 11 is 3.48. The van der Waals surface area contributed by atoms with Gasteiger partial charge in [0.25, 0.3) is 0 Å². The number of nitrogens with zero attached hydrogens (tertiary/aromatic N) is 2. The fourth-order valence-electron chi connectivity index (χ4n) is 2.45. The molecule has 3 rings (SSSR count). The lowest BCUT2D eigenvalue weighted by molar-refractivity contribution is 0.539. The fourth-order valence-corrected chi connectivity index (χ4v) is 2.72. The number of fused-ring (bicyclic) bond motifs is 1. The van der Waals surface area contributed by atoms with Crippen molar-refractivity contribution in [2.45, 2.75) is 26.2 Å². The highest BCUT2D eigenvalue weighted by atomic mass is 79.9. The van der Waals surface area contributed by atoms with E-state index in [2.05, 4.69) is 53.4 Å². The molecule has 3 nitrogen and oxygen atoms in total. The third-order valence-electron chi connectivity index (χ3n) is 3.43. The van der Waals surface area contributed by atoms with Crippen molar-refractivity contribution in [3.8, 4) is 5.69 Å². The van der Waals surface area contributed by atoms with Crippen molar-refractivity contribution in [3.63, 3.8) is 0 Å². The van der Waals surface area contributed by atoms with Crippen molar-refractivity contribution < 1.29 is 0 Å². The number of nitrogen functional groups attached to an aromatic ring is 1. The smallest absolute Gasteiger partial charge is 0.119 e. The van der Waals surface area contributed by atoms with Gasteiger partial charge in [0.15, 0.2) is 0 Å². The molecule has 0 aliphatic rings. The first kappa shape index (κ1) is 14.1. The number of hydrogen-bond acceptors (Lipinski definition) is 2. The first-order valence-electron chi connectivity index (χ1n) is 6.91. The number of benzene rings is 2. The highest BCUT2D eigenvalue weighted by molar-refractivity contribution is 9.10. The predicted molar refractivity (Wildman–Crippen MR) is 91.9 cm³/mol. The van der Waals surface area contributed by atoms with E-state index >= 15 is 0 Å². The lowest BCUT2D eigenvalue weighted by Gasteiger charge is -2.20. The predicted octanol–water partition coefficient (Wildman–Crippen LogP) is 4.67. The Morgan fingerprint density at radius 2 is 1.71 bits per heavy atom. The highest BCUT2D eigenvalue weighted by Crippen LogP contribution is 2.30. The average molecular weight is 344 g/mol. The molecule has 1 heterocycles. The zero-order valence-corrected chi connectivity index (χ0v) is 14.0. The van der Waals surface area contributed by atoms with E-state index in [1.807, 2.05) is 30.3 Å². The van der Waals surface area contributed by atoms with Gasteiger partial charge in [-0.2, -0.15) is 0 Å². The SMILES string of the molecule is CC(C)(C)c1nc2cc(N)ccc2n1-c1ccc(Br)cc1. The lowest BCUT2D eigenvalue weighted by atomic mass is 9.95. The number of rotatable bonds is 1. The molecule has 0 bridgehead atoms. The Kier molecular flexibility index (Phi) is 3.29. The zero-order chi connectivity index (χ0) is 15.2. The standard InChI is InChI=1S/C17H18BrN3/c1-17(2,3)16-20-14-10-12(19)6-9-15(14)21(16)13-7-4-11(18)5-8-13/h4-10H,19H2,1-3H3. The Morgan fingerprint density at radius 1 is 1.05 bits per heavy atom. The maximum atomic E-state index is 5.90. The van der Waals surface area contributed by atoms with E-state index in [-0.39, 0.29) is 5.41 Å². The lowest BCUT2D eigenvalue weighted by Crippen LogP contribution is -2.18. The number of anilines is 1. The molecule has 0 saturated carbocycles. The van der Waals surface area contributed by atoms with Gasteiger partial charge in [-0.1, -0.05) is 36.7 Å². The molecule has 0 amide bonds. The second-order valence-electron chi connectivity index (χ2n) is 6.25. The van der Waals surface area contributed by atoms with Crippen LogP contribution in [0.25, 0.3) is 16.7 Å². The van der Waals surface area contributed by atoms with Crippen LogP contribution in [0.4, 0.5) is 5.69 Å². The summed E-state index contributed by atoms with van der Waals surface area (Å²) in [6.45, 7) is 6.52. The van der Waals surface area contributed by atoms with E-state index in [0.29, 0.717) is 0 Å². The van der Waals surface area contributed by atoms with Gasteiger partial charge in [0.1, 0.15) is 5.82 Å². The molecule has 1 aromatic heterocycles. The molecule has 3 aromatic rings. The zero-order valence-electron chi connectivity index (χ0n) is 12.4. The Balaban J connectivity index is 2.35. The van der Waals surface area contributed by atoms with Gasteiger partial charge >= 0.3 is 0 Å². The van der Waals surface area contributed by atoms with E-state index < -0.39 is 0 Å². The molecule has 0 aliphatic heterocycles. The van der Waals surface area contributed by atoms with E-state index in [0.717, 1.165) is 32.7 Å². The largest absolute Gasteiger partial charge is 0.399 e. The molecule has 0 fully saturated rings. The Hall–Kier alpha value is -1.81. The summed E-state index contributed by atoms with van der Waals surface area (Å²) in [6.07, 6.45) is 0. The van der Waals surface area contributed by atoms with E-state index in [1.165, 1.54) is 0 Å². The van der Waals surface area contributed by atoms with Crippen LogP contribution in [0.1, 0.15) is 26.6 Å². The summed E-state index contributed by atoms with van der Waals surface area (Å²) in [7, 11) is 0. The van der Waals surface area contributed by atoms with Crippen LogP contribution >= 0.6 is 15.9 Å². The molecule has 108 valence electrons. The molecule has 2 aromatic carbocycles. The fraction of sp³-hybridized carbons (Fsp3) is 0.235.